The highest BCUT2D eigenvalue weighted by atomic mass is 19.1. The highest BCUT2D eigenvalue weighted by molar-refractivity contribution is 5.80. The molecule has 2 atom stereocenters. The number of nitrogens with zero attached hydrogens (tertiary/aromatic N) is 5. The molecule has 1 fully saturated rings. The number of halogens is 3. The molecule has 6 nitrogen and oxygen atoms in total. The molecule has 1 aromatic carbocycles. The molecular weight excluding hydrogens is 369 g/mol. The smallest absolute Gasteiger partial charge is 0.207 e. The average Bonchev–Trinajstić information content (AvgIpc) is 3.03. The van der Waals surface area contributed by atoms with E-state index in [-0.39, 0.29) is 30.5 Å². The van der Waals surface area contributed by atoms with Gasteiger partial charge in [0, 0.05) is 31.4 Å². The number of fused-ring (bicyclic) bond motifs is 1. The lowest BCUT2D eigenvalue weighted by atomic mass is 10.1. The Morgan fingerprint density at radius 3 is 2.79 bits per heavy atom. The van der Waals surface area contributed by atoms with Crippen molar-refractivity contribution in [3.63, 3.8) is 0 Å². The maximum Gasteiger partial charge on any atom is 0.207 e. The van der Waals surface area contributed by atoms with E-state index < -0.39 is 23.8 Å². The number of nitrogens with two attached hydrogens (primary N) is 1. The largest absolute Gasteiger partial charge is 0.340 e. The van der Waals surface area contributed by atoms with E-state index in [4.69, 9.17) is 11.0 Å². The first kappa shape index (κ1) is 18.3. The van der Waals surface area contributed by atoms with Gasteiger partial charge >= 0.3 is 0 Å². The van der Waals surface area contributed by atoms with Crippen LogP contribution in [0.5, 0.6) is 0 Å². The second kappa shape index (κ2) is 7.13. The zero-order valence-electron chi connectivity index (χ0n) is 14.8. The number of anilines is 1. The summed E-state index contributed by atoms with van der Waals surface area (Å²) in [6, 6.07) is 6.58. The normalized spacial score (nSPS) is 19.8. The van der Waals surface area contributed by atoms with Crippen LogP contribution in [0.3, 0.4) is 0 Å². The molecule has 0 amide bonds. The maximum atomic E-state index is 14.3. The van der Waals surface area contributed by atoms with Gasteiger partial charge in [-0.1, -0.05) is 0 Å². The third kappa shape index (κ3) is 3.27. The summed E-state index contributed by atoms with van der Waals surface area (Å²) in [4.78, 5) is 10.4. The Bertz CT molecular complexity index is 1060. The Kier molecular flexibility index (Phi) is 4.65. The number of piperidine rings is 1. The molecule has 0 spiro atoms. The van der Waals surface area contributed by atoms with Crippen LogP contribution >= 0.6 is 0 Å². The zero-order chi connectivity index (χ0) is 19.8. The first-order valence-corrected chi connectivity index (χ1v) is 8.81. The van der Waals surface area contributed by atoms with Gasteiger partial charge in [0.15, 0.2) is 5.82 Å². The van der Waals surface area contributed by atoms with Gasteiger partial charge in [-0.05, 0) is 18.6 Å². The monoisotopic (exact) mass is 386 g/mol. The van der Waals surface area contributed by atoms with E-state index in [1.165, 1.54) is 12.3 Å². The number of aromatic nitrogens is 3. The van der Waals surface area contributed by atoms with Crippen LogP contribution in [0.2, 0.25) is 0 Å². The van der Waals surface area contributed by atoms with Crippen LogP contribution in [-0.4, -0.2) is 39.8 Å². The molecule has 3 heterocycles. The number of rotatable bonds is 3. The van der Waals surface area contributed by atoms with Gasteiger partial charge in [-0.2, -0.15) is 5.26 Å². The molecule has 0 aliphatic carbocycles. The molecule has 3 aromatic rings. The lowest BCUT2D eigenvalue weighted by Crippen LogP contribution is -2.50. The van der Waals surface area contributed by atoms with Gasteiger partial charge in [-0.3, -0.25) is 4.98 Å². The van der Waals surface area contributed by atoms with Crippen LogP contribution in [0.25, 0.3) is 11.0 Å². The number of nitriles is 1. The van der Waals surface area contributed by atoms with E-state index in [0.717, 1.165) is 6.07 Å². The van der Waals surface area contributed by atoms with Crippen LogP contribution < -0.4 is 10.6 Å². The summed E-state index contributed by atoms with van der Waals surface area (Å²) < 4.78 is 43.6. The second-order valence-corrected chi connectivity index (χ2v) is 6.82. The number of hydrogen-bond acceptors (Lipinski definition) is 5. The van der Waals surface area contributed by atoms with Crippen molar-refractivity contribution in [1.29, 1.82) is 5.26 Å². The fourth-order valence-corrected chi connectivity index (χ4v) is 3.42. The molecule has 1 aliphatic rings. The van der Waals surface area contributed by atoms with Crippen LogP contribution in [-0.2, 0) is 6.54 Å². The molecule has 2 N–H and O–H groups in total. The Morgan fingerprint density at radius 1 is 1.29 bits per heavy atom. The van der Waals surface area contributed by atoms with Gasteiger partial charge in [0.1, 0.15) is 23.6 Å². The van der Waals surface area contributed by atoms with Crippen molar-refractivity contribution in [3.05, 3.63) is 53.4 Å². The summed E-state index contributed by atoms with van der Waals surface area (Å²) in [5.41, 5.74) is 7.16. The Morgan fingerprint density at radius 2 is 2.11 bits per heavy atom. The molecule has 0 unspecified atom stereocenters. The third-order valence-corrected chi connectivity index (χ3v) is 4.88. The SMILES string of the molecule is N#Cc1ccc(Cn2c(N3CC[C@H](F)[C@H](N)C3)nc3c(F)cc(F)cc32)nc1. The van der Waals surface area contributed by atoms with Crippen LogP contribution in [0.1, 0.15) is 17.7 Å². The Hall–Kier alpha value is -3.12. The first-order valence-electron chi connectivity index (χ1n) is 8.81. The Balaban J connectivity index is 1.80. The summed E-state index contributed by atoms with van der Waals surface area (Å²) in [5.74, 6) is -1.11. The quantitative estimate of drug-likeness (QED) is 0.748. The number of hydrogen-bond donors (Lipinski definition) is 1. The van der Waals surface area contributed by atoms with E-state index in [0.29, 0.717) is 23.8 Å². The predicted octanol–water partition coefficient (Wildman–Crippen LogP) is 2.50. The molecule has 2 aromatic heterocycles. The lowest BCUT2D eigenvalue weighted by molar-refractivity contribution is 0.243. The predicted molar refractivity (Wildman–Crippen MR) is 97.4 cm³/mol. The third-order valence-electron chi connectivity index (χ3n) is 4.88. The van der Waals surface area contributed by atoms with Crippen molar-refractivity contribution >= 4 is 17.0 Å². The second-order valence-electron chi connectivity index (χ2n) is 6.82. The van der Waals surface area contributed by atoms with Gasteiger partial charge in [0.05, 0.1) is 29.4 Å². The molecule has 28 heavy (non-hydrogen) atoms. The maximum absolute atomic E-state index is 14.3. The van der Waals surface area contributed by atoms with Crippen LogP contribution in [0, 0.1) is 23.0 Å². The van der Waals surface area contributed by atoms with Crippen molar-refractivity contribution in [2.75, 3.05) is 18.0 Å². The number of benzene rings is 1. The molecule has 1 aliphatic heterocycles. The summed E-state index contributed by atoms with van der Waals surface area (Å²) in [7, 11) is 0. The number of alkyl halides is 1. The fourth-order valence-electron chi connectivity index (χ4n) is 3.42. The van der Waals surface area contributed by atoms with Crippen molar-refractivity contribution in [3.8, 4) is 6.07 Å². The molecular formula is C19H17F3N6. The minimum Gasteiger partial charge on any atom is -0.340 e. The van der Waals surface area contributed by atoms with Gasteiger partial charge in [0.2, 0.25) is 5.95 Å². The van der Waals surface area contributed by atoms with Gasteiger partial charge in [0.25, 0.3) is 0 Å². The molecule has 0 radical (unpaired) electrons. The molecule has 1 saturated heterocycles. The van der Waals surface area contributed by atoms with Gasteiger partial charge in [-0.25, -0.2) is 18.2 Å². The lowest BCUT2D eigenvalue weighted by Gasteiger charge is -2.34. The Labute approximate surface area is 159 Å². The highest BCUT2D eigenvalue weighted by Gasteiger charge is 2.30. The van der Waals surface area contributed by atoms with Crippen molar-refractivity contribution in [2.24, 2.45) is 5.73 Å². The van der Waals surface area contributed by atoms with Gasteiger partial charge in [-0.15, -0.1) is 0 Å². The molecule has 0 bridgehead atoms. The van der Waals surface area contributed by atoms with Crippen molar-refractivity contribution in [2.45, 2.75) is 25.2 Å². The first-order chi connectivity index (χ1) is 13.5. The molecule has 9 heteroatoms. The minimum atomic E-state index is -1.11. The van der Waals surface area contributed by atoms with Crippen molar-refractivity contribution in [1.82, 2.24) is 14.5 Å². The fraction of sp³-hybridized carbons (Fsp3) is 0.316. The van der Waals surface area contributed by atoms with Crippen molar-refractivity contribution < 1.29 is 13.2 Å². The molecule has 0 saturated carbocycles. The van der Waals surface area contributed by atoms with E-state index in [2.05, 4.69) is 9.97 Å². The summed E-state index contributed by atoms with van der Waals surface area (Å²) in [5, 5.41) is 8.91. The summed E-state index contributed by atoms with van der Waals surface area (Å²) >= 11 is 0. The van der Waals surface area contributed by atoms with E-state index in [9.17, 15) is 13.2 Å². The van der Waals surface area contributed by atoms with E-state index in [1.54, 1.807) is 21.6 Å². The van der Waals surface area contributed by atoms with E-state index in [1.807, 2.05) is 6.07 Å². The number of pyridine rings is 1. The highest BCUT2D eigenvalue weighted by Crippen LogP contribution is 2.28. The zero-order valence-corrected chi connectivity index (χ0v) is 14.8. The molecule has 4 rings (SSSR count). The summed E-state index contributed by atoms with van der Waals surface area (Å²) in [6.07, 6.45) is 0.555. The summed E-state index contributed by atoms with van der Waals surface area (Å²) in [6.45, 7) is 0.768. The minimum absolute atomic E-state index is 0.0287. The average molecular weight is 386 g/mol. The van der Waals surface area contributed by atoms with E-state index >= 15 is 0 Å². The topological polar surface area (TPSA) is 83.8 Å². The molecule has 144 valence electrons. The number of imidazole rings is 1. The van der Waals surface area contributed by atoms with Crippen LogP contribution in [0.4, 0.5) is 19.1 Å². The standard InChI is InChI=1S/C19H17F3N6/c20-12-5-15(22)18-17(6-12)28(9-13-2-1-11(7-23)8-25-13)19(26-18)27-4-3-14(21)16(24)10-27/h1-2,5-6,8,14,16H,3-4,9-10,24H2/t14-,16+/m0/s1. The van der Waals surface area contributed by atoms with Gasteiger partial charge < -0.3 is 15.2 Å². The van der Waals surface area contributed by atoms with Crippen LogP contribution in [0.15, 0.2) is 30.5 Å².